The van der Waals surface area contributed by atoms with Gasteiger partial charge in [-0.25, -0.2) is 19.6 Å². The van der Waals surface area contributed by atoms with Crippen LogP contribution in [0.2, 0.25) is 0 Å². The molecule has 3 saturated heterocycles. The number of fused-ring (bicyclic) bond motifs is 5. The molecule has 5 aliphatic heterocycles. The minimum absolute atomic E-state index is 0.0315. The van der Waals surface area contributed by atoms with Crippen molar-refractivity contribution in [3.63, 3.8) is 0 Å². The molecule has 27 heteroatoms. The van der Waals surface area contributed by atoms with Gasteiger partial charge in [0.15, 0.2) is 17.4 Å². The van der Waals surface area contributed by atoms with Crippen molar-refractivity contribution < 1.29 is 81.6 Å². The molecule has 7 heterocycles. The number of rotatable bonds is 7. The van der Waals surface area contributed by atoms with Crippen LogP contribution >= 0.6 is 0 Å². The number of carbonyl (C=O) groups excluding carboxylic acids is 12. The molecule has 3 fully saturated rings. The lowest BCUT2D eigenvalue weighted by Crippen LogP contribution is -2.61. The number of esters is 2. The van der Waals surface area contributed by atoms with E-state index in [-0.39, 0.29) is 123 Å². The van der Waals surface area contributed by atoms with Gasteiger partial charge >= 0.3 is 11.9 Å². The number of pyridine rings is 1. The van der Waals surface area contributed by atoms with Gasteiger partial charge in [-0.05, 0) is 74.8 Å². The molecule has 98 heavy (non-hydrogen) atoms. The Morgan fingerprint density at radius 2 is 1.52 bits per heavy atom. The lowest BCUT2D eigenvalue weighted by atomic mass is 9.94. The second-order valence-corrected chi connectivity index (χ2v) is 25.0. The number of benzene rings is 2. The molecule has 5 aliphatic rings. The zero-order valence-corrected chi connectivity index (χ0v) is 55.8. The molecule has 4 aromatic rings. The molecule has 9 rings (SSSR count). The SMILES string of the molecule is CC1=CC(O)CC(=O)Cc2nc(co2)C(=O)N2CCC=C2C(=O)OC(C(C)C)C(C)/C=C\C(=O)NCC=C1.CCC1NC(=O)C(NC(=O)c2ncccc2O)C(C)OC(=O)C(c2ccccc2)NC(=O)C2CC(=O)CCN2C(=O)C(Cc2ccccc2)N(C)C(=O)C2CCCN2C1=O. The number of hydrogen-bond acceptors (Lipinski definition) is 19. The molecule has 8 amide bonds. The van der Waals surface area contributed by atoms with Gasteiger partial charge in [0.25, 0.3) is 11.8 Å². The van der Waals surface area contributed by atoms with E-state index in [1.807, 2.05) is 26.8 Å². The summed E-state index contributed by atoms with van der Waals surface area (Å²) in [7, 11) is 1.47. The number of allylic oxidation sites excluding steroid dienone is 2. The fourth-order valence-corrected chi connectivity index (χ4v) is 12.2. The number of aromatic hydroxyl groups is 1. The third kappa shape index (κ3) is 18.8. The van der Waals surface area contributed by atoms with Crippen molar-refractivity contribution in [1.82, 2.24) is 50.8 Å². The molecule has 27 nitrogen and oxygen atoms in total. The summed E-state index contributed by atoms with van der Waals surface area (Å²) in [4.78, 5) is 177. The van der Waals surface area contributed by atoms with Crippen molar-refractivity contribution in [3.05, 3.63) is 161 Å². The summed E-state index contributed by atoms with van der Waals surface area (Å²) in [5.74, 6) is -8.36. The largest absolute Gasteiger partial charge is 0.505 e. The number of nitrogens with one attached hydrogen (secondary N) is 4. The summed E-state index contributed by atoms with van der Waals surface area (Å²) in [5, 5.41) is 31.2. The van der Waals surface area contributed by atoms with Crippen molar-refractivity contribution in [3.8, 4) is 5.75 Å². The Bertz CT molecular complexity index is 3750. The molecule has 10 unspecified atom stereocenters. The molecule has 0 spiro atoms. The minimum Gasteiger partial charge on any atom is -0.505 e. The van der Waals surface area contributed by atoms with E-state index < -0.39 is 119 Å². The molecule has 2 bridgehead atoms. The average Bonchev–Trinajstić information content (AvgIpc) is 1.08. The first kappa shape index (κ1) is 73.4. The number of cyclic esters (lactones) is 2. The Morgan fingerprint density at radius 3 is 2.22 bits per heavy atom. The standard InChI is InChI=1S/C43H49N7O10.C28H35N3O7/c1-4-29-40(56)49-21-12-17-30(49)41(57)48(3)32(23-26-13-7-5-8-14-26)42(58)50-22-19-28(51)24-31(50)37(53)47-35(27-15-9-6-10-16-27)43(59)60-25(2)34(38(54)45-29)46-39(55)36-33(52)18-11-20-44-36;1-17(2)26-19(4)9-10-24(34)29-11-5-7-18(3)13-20(32)14-21(33)15-25-30-22(16-37-25)27(35)31-12-6-8-23(31)28(36)38-26/h5-11,13-16,18,20,25,29-32,34-35,52H,4,12,17,19,21-24H2,1-3H3,(H,45,54)(H,46,55)(H,47,53);5,7-10,13,16-17,19-20,26,32H,6,11-12,14-15H2,1-4H3,(H,29,34)/b;7-5?,10-9-,18-13?. The molecular formula is C71H84N10O17. The van der Waals surface area contributed by atoms with Gasteiger partial charge in [-0.2, -0.15) is 0 Å². The number of Topliss-reactive ketones (excluding diaryl/α,β-unsaturated/α-hetero) is 2. The zero-order valence-electron chi connectivity index (χ0n) is 55.8. The van der Waals surface area contributed by atoms with Gasteiger partial charge in [-0.15, -0.1) is 0 Å². The van der Waals surface area contributed by atoms with E-state index >= 15 is 0 Å². The third-order valence-electron chi connectivity index (χ3n) is 17.4. The normalized spacial score (nSPS) is 25.9. The molecule has 6 N–H and O–H groups in total. The second kappa shape index (κ2) is 34.0. The molecule has 10 atom stereocenters. The highest BCUT2D eigenvalue weighted by Crippen LogP contribution is 2.29. The molecule has 0 radical (unpaired) electrons. The fourth-order valence-electron chi connectivity index (χ4n) is 12.2. The lowest BCUT2D eigenvalue weighted by Gasteiger charge is -2.40. The molecule has 0 saturated carbocycles. The topological polar surface area (TPSA) is 364 Å². The highest BCUT2D eigenvalue weighted by molar-refractivity contribution is 6.02. The van der Waals surface area contributed by atoms with Crippen molar-refractivity contribution in [2.24, 2.45) is 11.8 Å². The number of aromatic nitrogens is 2. The number of aliphatic hydroxyl groups excluding tert-OH is 1. The molecule has 2 aromatic carbocycles. The van der Waals surface area contributed by atoms with Crippen LogP contribution in [0.25, 0.3) is 0 Å². The van der Waals surface area contributed by atoms with Crippen LogP contribution < -0.4 is 21.3 Å². The predicted molar refractivity (Wildman–Crippen MR) is 352 cm³/mol. The number of aliphatic hydroxyl groups is 1. The summed E-state index contributed by atoms with van der Waals surface area (Å²) in [6, 6.07) is 11.7. The van der Waals surface area contributed by atoms with Crippen LogP contribution in [0.4, 0.5) is 0 Å². The maximum absolute atomic E-state index is 14.8. The Labute approximate surface area is 567 Å². The first-order valence-corrected chi connectivity index (χ1v) is 32.8. The van der Waals surface area contributed by atoms with Crippen LogP contribution in [-0.4, -0.2) is 192 Å². The summed E-state index contributed by atoms with van der Waals surface area (Å²) < 4.78 is 17.0. The van der Waals surface area contributed by atoms with E-state index in [1.54, 1.807) is 98.8 Å². The number of carbonyl (C=O) groups is 12. The van der Waals surface area contributed by atoms with Gasteiger partial charge in [-0.3, -0.25) is 47.9 Å². The first-order chi connectivity index (χ1) is 46.8. The van der Waals surface area contributed by atoms with Crippen molar-refractivity contribution in [2.75, 3.05) is 33.2 Å². The van der Waals surface area contributed by atoms with Crippen molar-refractivity contribution in [1.29, 1.82) is 0 Å². The quantitative estimate of drug-likeness (QED) is 0.143. The van der Waals surface area contributed by atoms with Crippen molar-refractivity contribution >= 4 is 70.8 Å². The van der Waals surface area contributed by atoms with Gasteiger partial charge < -0.3 is 65.0 Å². The summed E-state index contributed by atoms with van der Waals surface area (Å²) in [6.45, 7) is 11.0. The highest BCUT2D eigenvalue weighted by Gasteiger charge is 2.46. The Hall–Kier alpha value is -10.4. The van der Waals surface area contributed by atoms with Crippen LogP contribution in [-0.2, 0) is 70.3 Å². The van der Waals surface area contributed by atoms with Gasteiger partial charge in [-0.1, -0.05) is 124 Å². The van der Waals surface area contributed by atoms with Crippen LogP contribution in [0, 0.1) is 11.8 Å². The molecule has 2 aromatic heterocycles. The number of likely N-dealkylation sites (N-methyl/N-ethyl adjacent to an activating group) is 1. The number of nitrogens with zero attached hydrogens (tertiary/aromatic N) is 6. The second-order valence-electron chi connectivity index (χ2n) is 25.0. The van der Waals surface area contributed by atoms with Gasteiger partial charge in [0.2, 0.25) is 41.3 Å². The summed E-state index contributed by atoms with van der Waals surface area (Å²) >= 11 is 0. The molecule has 520 valence electrons. The van der Waals surface area contributed by atoms with Gasteiger partial charge in [0, 0.05) is 71.0 Å². The first-order valence-electron chi connectivity index (χ1n) is 32.8. The van der Waals surface area contributed by atoms with Gasteiger partial charge in [0.05, 0.1) is 12.5 Å². The number of oxazole rings is 1. The van der Waals surface area contributed by atoms with E-state index in [1.165, 1.54) is 58.0 Å². The van der Waals surface area contributed by atoms with Crippen molar-refractivity contribution in [2.45, 2.75) is 154 Å². The number of amides is 8. The van der Waals surface area contributed by atoms with Gasteiger partial charge in [0.1, 0.15) is 71.7 Å². The number of ether oxygens (including phenoxy) is 2. The number of piperidine rings is 1. The smallest absolute Gasteiger partial charge is 0.355 e. The molecule has 0 aliphatic carbocycles. The number of hydrogen-bond donors (Lipinski definition) is 6. The minimum atomic E-state index is -1.68. The maximum Gasteiger partial charge on any atom is 0.355 e. The van der Waals surface area contributed by atoms with E-state index in [2.05, 4.69) is 31.2 Å². The Balaban J connectivity index is 0.000000277. The van der Waals surface area contributed by atoms with Crippen LogP contribution in [0.3, 0.4) is 0 Å². The lowest BCUT2D eigenvalue weighted by molar-refractivity contribution is -0.157. The van der Waals surface area contributed by atoms with Crippen LogP contribution in [0.15, 0.2) is 137 Å². The van der Waals surface area contributed by atoms with Crippen LogP contribution in [0.5, 0.6) is 5.75 Å². The van der Waals surface area contributed by atoms with E-state index in [9.17, 15) is 67.7 Å². The number of ketones is 2. The average molecular weight is 1350 g/mol. The van der Waals surface area contributed by atoms with E-state index in [4.69, 9.17) is 13.9 Å². The zero-order chi connectivity index (χ0) is 70.9. The van der Waals surface area contributed by atoms with E-state index in [0.717, 1.165) is 17.4 Å². The maximum atomic E-state index is 14.8. The van der Waals surface area contributed by atoms with E-state index in [0.29, 0.717) is 12.8 Å². The predicted octanol–water partition coefficient (Wildman–Crippen LogP) is 3.86. The molecular weight excluding hydrogens is 1260 g/mol. The Kier molecular flexibility index (Phi) is 25.4. The fraction of sp³-hybridized carbons (Fsp3) is 0.437. The monoisotopic (exact) mass is 1350 g/mol. The Morgan fingerprint density at radius 1 is 0.806 bits per heavy atom. The summed E-state index contributed by atoms with van der Waals surface area (Å²) in [6.07, 6.45) is 9.72. The highest BCUT2D eigenvalue weighted by atomic mass is 16.6. The third-order valence-corrected chi connectivity index (χ3v) is 17.4. The van der Waals surface area contributed by atoms with Crippen LogP contribution in [0.1, 0.15) is 131 Å². The summed E-state index contributed by atoms with van der Waals surface area (Å²) in [5.41, 5.74) is 1.37.